The minimum Gasteiger partial charge on any atom is -0.493 e. The Labute approximate surface area is 113 Å². The van der Waals surface area contributed by atoms with E-state index in [-0.39, 0.29) is 11.7 Å². The molecule has 0 aliphatic carbocycles. The van der Waals surface area contributed by atoms with Gasteiger partial charge in [-0.05, 0) is 37.1 Å². The van der Waals surface area contributed by atoms with Crippen molar-refractivity contribution in [2.75, 3.05) is 12.4 Å². The van der Waals surface area contributed by atoms with Crippen LogP contribution in [0.1, 0.15) is 18.1 Å². The third-order valence-electron chi connectivity index (χ3n) is 2.45. The van der Waals surface area contributed by atoms with Crippen LogP contribution in [0.25, 0.3) is 0 Å². The fourth-order valence-electron chi connectivity index (χ4n) is 1.80. The number of aryl methyl sites for hydroxylation is 2. The Balaban J connectivity index is 2.70. The number of rotatable bonds is 5. The molecule has 1 unspecified atom stereocenters. The zero-order valence-corrected chi connectivity index (χ0v) is 12.3. The topological polar surface area (TPSA) is 69.4 Å². The maximum atomic E-state index is 10.9. The summed E-state index contributed by atoms with van der Waals surface area (Å²) < 4.78 is 27.5. The van der Waals surface area contributed by atoms with Crippen molar-refractivity contribution >= 4 is 21.6 Å². The summed E-state index contributed by atoms with van der Waals surface area (Å²) in [7, 11) is -3.46. The summed E-state index contributed by atoms with van der Waals surface area (Å²) in [5.41, 5.74) is 1.87. The average Bonchev–Trinajstić information content (AvgIpc) is 2.12. The zero-order chi connectivity index (χ0) is 13.9. The summed E-state index contributed by atoms with van der Waals surface area (Å²) in [6.07, 6.45) is 0. The molecule has 0 saturated carbocycles. The lowest BCUT2D eigenvalue weighted by Gasteiger charge is -2.16. The molecule has 1 rings (SSSR count). The molecule has 1 aromatic carbocycles. The molecule has 1 aromatic rings. The van der Waals surface area contributed by atoms with Gasteiger partial charge in [0, 0.05) is 10.9 Å². The Morgan fingerprint density at radius 1 is 1.33 bits per heavy atom. The van der Waals surface area contributed by atoms with Crippen molar-refractivity contribution < 1.29 is 13.2 Å². The molecule has 4 nitrogen and oxygen atoms in total. The highest BCUT2D eigenvalue weighted by Gasteiger charge is 2.13. The van der Waals surface area contributed by atoms with Crippen LogP contribution < -0.4 is 9.88 Å². The first kappa shape index (κ1) is 15.3. The van der Waals surface area contributed by atoms with E-state index < -0.39 is 10.0 Å². The van der Waals surface area contributed by atoms with Gasteiger partial charge in [-0.25, -0.2) is 13.6 Å². The standard InChI is InChI=1S/C12H18ClNO3S/c1-8(7-18(14,15)16)6-17-12-9(2)4-11(13)5-10(12)3/h4-5,8H,6-7H2,1-3H3,(H2,14,15,16). The maximum absolute atomic E-state index is 10.9. The van der Waals surface area contributed by atoms with Crippen LogP contribution in [0.5, 0.6) is 5.75 Å². The number of halogens is 1. The number of hydrogen-bond donors (Lipinski definition) is 1. The van der Waals surface area contributed by atoms with Crippen molar-refractivity contribution in [2.24, 2.45) is 11.1 Å². The Kier molecular flexibility index (Phi) is 5.01. The van der Waals surface area contributed by atoms with Crippen LogP contribution in [0.15, 0.2) is 12.1 Å². The molecular formula is C12H18ClNO3S. The third kappa shape index (κ3) is 4.84. The van der Waals surface area contributed by atoms with Gasteiger partial charge in [0.2, 0.25) is 10.0 Å². The number of benzene rings is 1. The molecule has 2 N–H and O–H groups in total. The predicted octanol–water partition coefficient (Wildman–Crippen LogP) is 2.26. The van der Waals surface area contributed by atoms with Gasteiger partial charge in [-0.3, -0.25) is 0 Å². The molecule has 0 spiro atoms. The summed E-state index contributed by atoms with van der Waals surface area (Å²) in [5.74, 6) is 0.508. The minimum atomic E-state index is -3.46. The Morgan fingerprint density at radius 3 is 2.28 bits per heavy atom. The second-order valence-corrected chi connectivity index (χ2v) is 6.71. The fraction of sp³-hybridized carbons (Fsp3) is 0.500. The van der Waals surface area contributed by atoms with Crippen LogP contribution in [0.2, 0.25) is 5.02 Å². The van der Waals surface area contributed by atoms with Crippen molar-refractivity contribution in [3.63, 3.8) is 0 Å². The van der Waals surface area contributed by atoms with Crippen LogP contribution in [0.4, 0.5) is 0 Å². The predicted molar refractivity (Wildman–Crippen MR) is 73.6 cm³/mol. The van der Waals surface area contributed by atoms with E-state index in [0.717, 1.165) is 16.9 Å². The van der Waals surface area contributed by atoms with Crippen LogP contribution >= 0.6 is 11.6 Å². The van der Waals surface area contributed by atoms with E-state index in [0.29, 0.717) is 11.6 Å². The second-order valence-electron chi connectivity index (χ2n) is 4.61. The van der Waals surface area contributed by atoms with E-state index in [2.05, 4.69) is 0 Å². The highest BCUT2D eigenvalue weighted by Crippen LogP contribution is 2.27. The molecule has 6 heteroatoms. The quantitative estimate of drug-likeness (QED) is 0.904. The van der Waals surface area contributed by atoms with Crippen molar-refractivity contribution in [1.29, 1.82) is 0 Å². The number of ether oxygens (including phenoxy) is 1. The molecule has 0 radical (unpaired) electrons. The van der Waals surface area contributed by atoms with E-state index in [9.17, 15) is 8.42 Å². The first-order valence-corrected chi connectivity index (χ1v) is 7.68. The smallest absolute Gasteiger partial charge is 0.209 e. The first-order valence-electron chi connectivity index (χ1n) is 5.59. The van der Waals surface area contributed by atoms with Gasteiger partial charge in [-0.15, -0.1) is 0 Å². The Morgan fingerprint density at radius 2 is 1.83 bits per heavy atom. The molecule has 0 heterocycles. The van der Waals surface area contributed by atoms with Gasteiger partial charge in [0.25, 0.3) is 0 Å². The summed E-state index contributed by atoms with van der Waals surface area (Å²) in [5, 5.41) is 5.65. The van der Waals surface area contributed by atoms with E-state index in [4.69, 9.17) is 21.5 Å². The molecule has 0 aromatic heterocycles. The monoisotopic (exact) mass is 291 g/mol. The molecule has 0 aliphatic heterocycles. The number of sulfonamides is 1. The van der Waals surface area contributed by atoms with Crippen molar-refractivity contribution in [2.45, 2.75) is 20.8 Å². The van der Waals surface area contributed by atoms with E-state index in [1.165, 1.54) is 0 Å². The van der Waals surface area contributed by atoms with E-state index in [1.54, 1.807) is 6.92 Å². The molecule has 0 aliphatic rings. The van der Waals surface area contributed by atoms with E-state index in [1.807, 2.05) is 26.0 Å². The maximum Gasteiger partial charge on any atom is 0.209 e. The summed E-state index contributed by atoms with van der Waals surface area (Å²) in [6, 6.07) is 3.63. The minimum absolute atomic E-state index is 0.0846. The lowest BCUT2D eigenvalue weighted by molar-refractivity contribution is 0.268. The normalized spacial score (nSPS) is 13.4. The van der Waals surface area contributed by atoms with Gasteiger partial charge in [0.1, 0.15) is 5.75 Å². The molecule has 18 heavy (non-hydrogen) atoms. The summed E-state index contributed by atoms with van der Waals surface area (Å²) >= 11 is 5.92. The molecular weight excluding hydrogens is 274 g/mol. The highest BCUT2D eigenvalue weighted by atomic mass is 35.5. The average molecular weight is 292 g/mol. The molecule has 0 bridgehead atoms. The number of primary sulfonamides is 1. The molecule has 0 amide bonds. The van der Waals surface area contributed by atoms with Crippen LogP contribution in [-0.4, -0.2) is 20.8 Å². The van der Waals surface area contributed by atoms with Gasteiger partial charge in [-0.1, -0.05) is 18.5 Å². The Bertz CT molecular complexity index is 505. The van der Waals surface area contributed by atoms with Crippen molar-refractivity contribution in [3.8, 4) is 5.75 Å². The third-order valence-corrected chi connectivity index (χ3v) is 3.71. The van der Waals surface area contributed by atoms with Gasteiger partial charge < -0.3 is 4.74 Å². The number of hydrogen-bond acceptors (Lipinski definition) is 3. The van der Waals surface area contributed by atoms with E-state index >= 15 is 0 Å². The van der Waals surface area contributed by atoms with Crippen molar-refractivity contribution in [3.05, 3.63) is 28.3 Å². The molecule has 0 fully saturated rings. The first-order chi connectivity index (χ1) is 8.19. The lowest BCUT2D eigenvalue weighted by Crippen LogP contribution is -2.25. The fourth-order valence-corrected chi connectivity index (χ4v) is 3.01. The van der Waals surface area contributed by atoms with Crippen LogP contribution in [0.3, 0.4) is 0 Å². The summed E-state index contributed by atoms with van der Waals surface area (Å²) in [6.45, 7) is 5.89. The van der Waals surface area contributed by atoms with Gasteiger partial charge >= 0.3 is 0 Å². The molecule has 1 atom stereocenters. The summed E-state index contributed by atoms with van der Waals surface area (Å²) in [4.78, 5) is 0. The molecule has 102 valence electrons. The largest absolute Gasteiger partial charge is 0.493 e. The van der Waals surface area contributed by atoms with Crippen LogP contribution in [0, 0.1) is 19.8 Å². The van der Waals surface area contributed by atoms with Gasteiger partial charge in [0.05, 0.1) is 12.4 Å². The van der Waals surface area contributed by atoms with Gasteiger partial charge in [-0.2, -0.15) is 0 Å². The lowest BCUT2D eigenvalue weighted by atomic mass is 10.1. The SMILES string of the molecule is Cc1cc(Cl)cc(C)c1OCC(C)CS(N)(=O)=O. The number of nitrogens with two attached hydrogens (primary N) is 1. The Hall–Kier alpha value is -0.780. The van der Waals surface area contributed by atoms with Gasteiger partial charge in [0.15, 0.2) is 0 Å². The van der Waals surface area contributed by atoms with Crippen molar-refractivity contribution in [1.82, 2.24) is 0 Å². The molecule has 0 saturated heterocycles. The van der Waals surface area contributed by atoms with Crippen LogP contribution in [-0.2, 0) is 10.0 Å². The highest BCUT2D eigenvalue weighted by molar-refractivity contribution is 7.89. The zero-order valence-electron chi connectivity index (χ0n) is 10.7. The second kappa shape index (κ2) is 5.91.